The van der Waals surface area contributed by atoms with Gasteiger partial charge in [-0.05, 0) is 63.1 Å². The predicted octanol–water partition coefficient (Wildman–Crippen LogP) is 3.19. The standard InChI is InChI=1S/C12H14BrIN2OS/c1-2-5-16(7-11(15)18)12(17)9-6-8(14)3-4-10(9)13/h3-4,6H,2,5,7H2,1H3,(H2,15,18). The van der Waals surface area contributed by atoms with E-state index in [1.54, 1.807) is 4.90 Å². The number of hydrogen-bond acceptors (Lipinski definition) is 2. The van der Waals surface area contributed by atoms with E-state index in [1.807, 2.05) is 25.1 Å². The molecule has 0 fully saturated rings. The van der Waals surface area contributed by atoms with Crippen molar-refractivity contribution < 1.29 is 4.79 Å². The van der Waals surface area contributed by atoms with Crippen molar-refractivity contribution in [3.8, 4) is 0 Å². The van der Waals surface area contributed by atoms with E-state index in [0.717, 1.165) is 14.5 Å². The molecule has 1 aromatic carbocycles. The van der Waals surface area contributed by atoms with Crippen LogP contribution in [0, 0.1) is 3.57 Å². The Balaban J connectivity index is 3.01. The fourth-order valence-electron chi connectivity index (χ4n) is 1.54. The fourth-order valence-corrected chi connectivity index (χ4v) is 2.61. The molecule has 0 bridgehead atoms. The number of amides is 1. The van der Waals surface area contributed by atoms with E-state index in [1.165, 1.54) is 0 Å². The van der Waals surface area contributed by atoms with Gasteiger partial charge in [0.05, 0.1) is 17.1 Å². The van der Waals surface area contributed by atoms with Crippen LogP contribution < -0.4 is 5.73 Å². The Morgan fingerprint density at radius 1 is 1.56 bits per heavy atom. The van der Waals surface area contributed by atoms with Gasteiger partial charge in [-0.25, -0.2) is 0 Å². The second-order valence-corrected chi connectivity index (χ2v) is 6.44. The summed E-state index contributed by atoms with van der Waals surface area (Å²) in [6.07, 6.45) is 0.871. The molecular weight excluding hydrogens is 427 g/mol. The molecule has 0 radical (unpaired) electrons. The van der Waals surface area contributed by atoms with Crippen LogP contribution in [-0.2, 0) is 0 Å². The molecule has 0 heterocycles. The highest BCUT2D eigenvalue weighted by atomic mass is 127. The minimum atomic E-state index is -0.0463. The minimum absolute atomic E-state index is 0.0463. The molecule has 0 aromatic heterocycles. The van der Waals surface area contributed by atoms with Gasteiger partial charge in [0, 0.05) is 14.6 Å². The van der Waals surface area contributed by atoms with Gasteiger partial charge in [0.25, 0.3) is 5.91 Å². The van der Waals surface area contributed by atoms with E-state index in [2.05, 4.69) is 38.5 Å². The zero-order valence-corrected chi connectivity index (χ0v) is 14.5. The summed E-state index contributed by atoms with van der Waals surface area (Å²) in [5.41, 5.74) is 6.18. The summed E-state index contributed by atoms with van der Waals surface area (Å²) in [4.78, 5) is 14.4. The zero-order valence-electron chi connectivity index (χ0n) is 9.95. The van der Waals surface area contributed by atoms with Crippen LogP contribution in [0.2, 0.25) is 0 Å². The molecule has 0 aliphatic carbocycles. The Morgan fingerprint density at radius 2 is 2.22 bits per heavy atom. The zero-order chi connectivity index (χ0) is 13.7. The highest BCUT2D eigenvalue weighted by Crippen LogP contribution is 2.21. The molecule has 0 aliphatic heterocycles. The SMILES string of the molecule is CCCN(CC(N)=S)C(=O)c1cc(I)ccc1Br. The Bertz CT molecular complexity index is 467. The van der Waals surface area contributed by atoms with E-state index in [0.29, 0.717) is 23.6 Å². The minimum Gasteiger partial charge on any atom is -0.392 e. The quantitative estimate of drug-likeness (QED) is 0.564. The normalized spacial score (nSPS) is 10.2. The molecule has 1 rings (SSSR count). The van der Waals surface area contributed by atoms with Crippen molar-refractivity contribution in [2.45, 2.75) is 13.3 Å². The number of halogens is 2. The van der Waals surface area contributed by atoms with Gasteiger partial charge in [0.15, 0.2) is 0 Å². The van der Waals surface area contributed by atoms with Crippen LogP contribution >= 0.6 is 50.7 Å². The Morgan fingerprint density at radius 3 is 2.78 bits per heavy atom. The van der Waals surface area contributed by atoms with Crippen molar-refractivity contribution in [3.05, 3.63) is 31.8 Å². The second-order valence-electron chi connectivity index (χ2n) is 3.82. The average molecular weight is 441 g/mol. The van der Waals surface area contributed by atoms with Crippen molar-refractivity contribution in [3.63, 3.8) is 0 Å². The fraction of sp³-hybridized carbons (Fsp3) is 0.333. The van der Waals surface area contributed by atoms with Crippen molar-refractivity contribution >= 4 is 61.6 Å². The molecule has 0 unspecified atom stereocenters. The highest BCUT2D eigenvalue weighted by Gasteiger charge is 2.18. The van der Waals surface area contributed by atoms with Crippen LogP contribution in [0.4, 0.5) is 0 Å². The summed E-state index contributed by atoms with van der Waals surface area (Å²) in [5, 5.41) is 0. The number of carbonyl (C=O) groups is 1. The van der Waals surface area contributed by atoms with E-state index < -0.39 is 0 Å². The number of nitrogens with zero attached hydrogens (tertiary/aromatic N) is 1. The second kappa shape index (κ2) is 7.40. The molecule has 0 spiro atoms. The first kappa shape index (κ1) is 15.8. The van der Waals surface area contributed by atoms with Crippen LogP contribution in [0.15, 0.2) is 22.7 Å². The predicted molar refractivity (Wildman–Crippen MR) is 89.8 cm³/mol. The number of thiocarbonyl (C=S) groups is 1. The summed E-state index contributed by atoms with van der Waals surface area (Å²) in [5.74, 6) is -0.0463. The molecule has 18 heavy (non-hydrogen) atoms. The van der Waals surface area contributed by atoms with Crippen LogP contribution in [0.5, 0.6) is 0 Å². The first-order chi connectivity index (χ1) is 8.45. The largest absolute Gasteiger partial charge is 0.392 e. The molecule has 0 saturated carbocycles. The van der Waals surface area contributed by atoms with Crippen molar-refractivity contribution in [1.29, 1.82) is 0 Å². The smallest absolute Gasteiger partial charge is 0.255 e. The topological polar surface area (TPSA) is 46.3 Å². The molecule has 2 N–H and O–H groups in total. The van der Waals surface area contributed by atoms with Crippen molar-refractivity contribution in [1.82, 2.24) is 4.90 Å². The maximum atomic E-state index is 12.4. The van der Waals surface area contributed by atoms with Crippen LogP contribution in [0.1, 0.15) is 23.7 Å². The van der Waals surface area contributed by atoms with Crippen LogP contribution in [-0.4, -0.2) is 28.9 Å². The molecule has 3 nitrogen and oxygen atoms in total. The number of carbonyl (C=O) groups excluding carboxylic acids is 1. The van der Waals surface area contributed by atoms with Gasteiger partial charge in [0.2, 0.25) is 0 Å². The first-order valence-electron chi connectivity index (χ1n) is 5.48. The highest BCUT2D eigenvalue weighted by molar-refractivity contribution is 14.1. The van der Waals surface area contributed by atoms with E-state index in [9.17, 15) is 4.79 Å². The Labute approximate surface area is 134 Å². The maximum Gasteiger partial charge on any atom is 0.255 e. The maximum absolute atomic E-state index is 12.4. The molecule has 1 aromatic rings. The Kier molecular flexibility index (Phi) is 6.51. The monoisotopic (exact) mass is 440 g/mol. The van der Waals surface area contributed by atoms with Gasteiger partial charge >= 0.3 is 0 Å². The van der Waals surface area contributed by atoms with E-state index in [4.69, 9.17) is 18.0 Å². The van der Waals surface area contributed by atoms with Gasteiger partial charge < -0.3 is 10.6 Å². The summed E-state index contributed by atoms with van der Waals surface area (Å²) in [6.45, 7) is 2.98. The van der Waals surface area contributed by atoms with Crippen LogP contribution in [0.25, 0.3) is 0 Å². The lowest BCUT2D eigenvalue weighted by atomic mass is 10.2. The lowest BCUT2D eigenvalue weighted by Gasteiger charge is -2.22. The van der Waals surface area contributed by atoms with E-state index in [-0.39, 0.29) is 5.91 Å². The summed E-state index contributed by atoms with van der Waals surface area (Å²) in [6, 6.07) is 5.67. The van der Waals surface area contributed by atoms with Gasteiger partial charge in [-0.1, -0.05) is 19.1 Å². The van der Waals surface area contributed by atoms with Gasteiger partial charge in [-0.2, -0.15) is 0 Å². The van der Waals surface area contributed by atoms with Crippen LogP contribution in [0.3, 0.4) is 0 Å². The van der Waals surface area contributed by atoms with Crippen molar-refractivity contribution in [2.24, 2.45) is 5.73 Å². The third kappa shape index (κ3) is 4.47. The number of benzene rings is 1. The third-order valence-electron chi connectivity index (χ3n) is 2.29. The lowest BCUT2D eigenvalue weighted by molar-refractivity contribution is 0.0779. The lowest BCUT2D eigenvalue weighted by Crippen LogP contribution is -2.38. The summed E-state index contributed by atoms with van der Waals surface area (Å²) < 4.78 is 1.81. The average Bonchev–Trinajstić information content (AvgIpc) is 2.30. The third-order valence-corrected chi connectivity index (χ3v) is 3.78. The number of hydrogen-bond donors (Lipinski definition) is 1. The summed E-state index contributed by atoms with van der Waals surface area (Å²) in [7, 11) is 0. The molecule has 0 saturated heterocycles. The molecule has 0 aliphatic rings. The number of nitrogens with two attached hydrogens (primary N) is 1. The van der Waals surface area contributed by atoms with Gasteiger partial charge in [-0.15, -0.1) is 0 Å². The molecule has 6 heteroatoms. The van der Waals surface area contributed by atoms with E-state index >= 15 is 0 Å². The molecular formula is C12H14BrIN2OS. The molecule has 0 atom stereocenters. The molecule has 98 valence electrons. The van der Waals surface area contributed by atoms with Gasteiger partial charge in [0.1, 0.15) is 0 Å². The van der Waals surface area contributed by atoms with Gasteiger partial charge in [-0.3, -0.25) is 4.79 Å². The summed E-state index contributed by atoms with van der Waals surface area (Å²) >= 11 is 10.5. The first-order valence-corrected chi connectivity index (χ1v) is 7.76. The molecule has 1 amide bonds. The Hall–Kier alpha value is -0.210. The number of rotatable bonds is 5. The van der Waals surface area contributed by atoms with Crippen molar-refractivity contribution in [2.75, 3.05) is 13.1 Å².